The molecule has 13 heavy (non-hydrogen) atoms. The van der Waals surface area contributed by atoms with Gasteiger partial charge in [0.15, 0.2) is 6.34 Å². The largest absolute Gasteiger partial charge is 1.00 e. The number of nitrogens with zero attached hydrogens (tertiary/aromatic N) is 1. The summed E-state index contributed by atoms with van der Waals surface area (Å²) >= 11 is 0. The molecule has 0 aromatic heterocycles. The quantitative estimate of drug-likeness (QED) is 0.524. The maximum absolute atomic E-state index is 4.20. The number of quaternary nitrogens is 1. The van der Waals surface area contributed by atoms with Gasteiger partial charge in [0.05, 0.1) is 6.54 Å². The molecule has 1 aliphatic rings. The number of hydrogen-bond acceptors (Lipinski definition) is 1. The summed E-state index contributed by atoms with van der Waals surface area (Å²) < 4.78 is 0. The molecule has 1 aromatic rings. The van der Waals surface area contributed by atoms with Crippen LogP contribution in [-0.2, 0) is 6.54 Å². The third kappa shape index (κ3) is 2.83. The minimum absolute atomic E-state index is 0. The highest BCUT2D eigenvalue weighted by Crippen LogP contribution is 1.95. The van der Waals surface area contributed by atoms with Gasteiger partial charge in [-0.3, -0.25) is 4.90 Å². The lowest BCUT2D eigenvalue weighted by molar-refractivity contribution is -0.806. The third-order valence-corrected chi connectivity index (χ3v) is 2.11. The second-order valence-electron chi connectivity index (χ2n) is 3.11. The van der Waals surface area contributed by atoms with Crippen molar-refractivity contribution in [2.24, 2.45) is 4.99 Å². The Balaban J connectivity index is 0.000000845. The normalized spacial score (nSPS) is 19.8. The first-order valence-corrected chi connectivity index (χ1v) is 4.33. The van der Waals surface area contributed by atoms with Gasteiger partial charge in [-0.1, -0.05) is 30.3 Å². The molecule has 0 bridgehead atoms. The number of hydrogen-bond donors (Lipinski definition) is 1. The fourth-order valence-electron chi connectivity index (χ4n) is 1.46. The van der Waals surface area contributed by atoms with Crippen LogP contribution in [0.5, 0.6) is 0 Å². The Morgan fingerprint density at radius 2 is 2.00 bits per heavy atom. The van der Waals surface area contributed by atoms with Crippen molar-refractivity contribution in [2.75, 3.05) is 13.1 Å². The van der Waals surface area contributed by atoms with Crippen LogP contribution in [0.2, 0.25) is 0 Å². The lowest BCUT2D eigenvalue weighted by Gasteiger charge is -2.07. The Kier molecular flexibility index (Phi) is 3.93. The average molecular weight is 197 g/mol. The number of rotatable bonds is 2. The highest BCUT2D eigenvalue weighted by atomic mass is 35.5. The summed E-state index contributed by atoms with van der Waals surface area (Å²) in [6.07, 6.45) is 2.02. The van der Waals surface area contributed by atoms with E-state index in [9.17, 15) is 0 Å². The van der Waals surface area contributed by atoms with Crippen LogP contribution in [0.25, 0.3) is 0 Å². The fourth-order valence-corrected chi connectivity index (χ4v) is 1.46. The number of halogens is 1. The summed E-state index contributed by atoms with van der Waals surface area (Å²) in [4.78, 5) is 5.66. The maximum Gasteiger partial charge on any atom is 0.184 e. The summed E-state index contributed by atoms with van der Waals surface area (Å²) in [5.74, 6) is 0. The van der Waals surface area contributed by atoms with E-state index >= 15 is 0 Å². The molecule has 0 saturated carbocycles. The zero-order chi connectivity index (χ0) is 8.23. The molecular weight excluding hydrogens is 184 g/mol. The topological polar surface area (TPSA) is 16.8 Å². The molecule has 1 atom stereocenters. The van der Waals surface area contributed by atoms with Crippen molar-refractivity contribution < 1.29 is 17.3 Å². The van der Waals surface area contributed by atoms with Crippen molar-refractivity contribution >= 4 is 6.34 Å². The van der Waals surface area contributed by atoms with Crippen molar-refractivity contribution in [3.63, 3.8) is 0 Å². The van der Waals surface area contributed by atoms with E-state index in [0.29, 0.717) is 0 Å². The van der Waals surface area contributed by atoms with Gasteiger partial charge in [0, 0.05) is 5.56 Å². The van der Waals surface area contributed by atoms with Crippen molar-refractivity contribution in [3.05, 3.63) is 35.9 Å². The Labute approximate surface area is 84.7 Å². The first-order valence-electron chi connectivity index (χ1n) is 4.33. The Morgan fingerprint density at radius 1 is 1.23 bits per heavy atom. The van der Waals surface area contributed by atoms with Gasteiger partial charge in [-0.15, -0.1) is 0 Å². The van der Waals surface area contributed by atoms with Crippen LogP contribution in [0.3, 0.4) is 0 Å². The van der Waals surface area contributed by atoms with E-state index in [1.54, 1.807) is 0 Å². The first-order chi connectivity index (χ1) is 5.95. The van der Waals surface area contributed by atoms with Gasteiger partial charge in [-0.05, 0) is 0 Å². The molecule has 0 aliphatic carbocycles. The predicted molar refractivity (Wildman–Crippen MR) is 49.3 cm³/mol. The van der Waals surface area contributed by atoms with E-state index in [4.69, 9.17) is 0 Å². The maximum atomic E-state index is 4.20. The van der Waals surface area contributed by atoms with Crippen LogP contribution in [0.4, 0.5) is 0 Å². The highest BCUT2D eigenvalue weighted by Gasteiger charge is 2.10. The second-order valence-corrected chi connectivity index (χ2v) is 3.11. The molecule has 1 aromatic carbocycles. The molecule has 0 saturated heterocycles. The van der Waals surface area contributed by atoms with Crippen LogP contribution in [0, 0.1) is 0 Å². The zero-order valence-corrected chi connectivity index (χ0v) is 8.17. The standard InChI is InChI=1S/C10H12N2.ClH/c1-2-4-10(5-3-1)8-12-7-6-11-9-12;/h1-5,9H,6-8H2;1H. The molecule has 3 heteroatoms. The number of aliphatic imine (C=N–C) groups is 1. The minimum atomic E-state index is 0. The van der Waals surface area contributed by atoms with E-state index in [0.717, 1.165) is 19.6 Å². The summed E-state index contributed by atoms with van der Waals surface area (Å²) in [5, 5.41) is 0. The van der Waals surface area contributed by atoms with Gasteiger partial charge in [-0.2, -0.15) is 0 Å². The van der Waals surface area contributed by atoms with Crippen molar-refractivity contribution in [3.8, 4) is 0 Å². The van der Waals surface area contributed by atoms with Gasteiger partial charge >= 0.3 is 0 Å². The van der Waals surface area contributed by atoms with E-state index in [1.165, 1.54) is 10.5 Å². The molecule has 0 fully saturated rings. The molecule has 1 aliphatic heterocycles. The molecular formula is C10H13ClN2. The van der Waals surface area contributed by atoms with Crippen molar-refractivity contribution in [1.82, 2.24) is 0 Å². The molecule has 2 nitrogen and oxygen atoms in total. The predicted octanol–water partition coefficient (Wildman–Crippen LogP) is -2.88. The molecule has 2 rings (SSSR count). The van der Waals surface area contributed by atoms with Gasteiger partial charge in [0.1, 0.15) is 13.1 Å². The van der Waals surface area contributed by atoms with Crippen LogP contribution in [0.15, 0.2) is 35.3 Å². The van der Waals surface area contributed by atoms with E-state index < -0.39 is 0 Å². The van der Waals surface area contributed by atoms with Crippen molar-refractivity contribution in [1.29, 1.82) is 0 Å². The summed E-state index contributed by atoms with van der Waals surface area (Å²) in [5.41, 5.74) is 1.39. The monoisotopic (exact) mass is 196 g/mol. The molecule has 0 radical (unpaired) electrons. The number of nitrogens with one attached hydrogen (secondary N) is 1. The molecule has 70 valence electrons. The van der Waals surface area contributed by atoms with E-state index in [1.807, 2.05) is 6.34 Å². The van der Waals surface area contributed by atoms with Gasteiger partial charge in [0.2, 0.25) is 0 Å². The zero-order valence-electron chi connectivity index (χ0n) is 7.41. The highest BCUT2D eigenvalue weighted by molar-refractivity contribution is 5.44. The smallest absolute Gasteiger partial charge is 0.184 e. The first kappa shape index (κ1) is 10.2. The second kappa shape index (κ2) is 5.00. The van der Waals surface area contributed by atoms with E-state index in [-0.39, 0.29) is 12.4 Å². The SMILES string of the molecule is C1=NCC[NH+]1Cc1ccccc1.[Cl-]. The summed E-state index contributed by atoms with van der Waals surface area (Å²) in [7, 11) is 0. The molecule has 0 amide bonds. The Morgan fingerprint density at radius 3 is 2.62 bits per heavy atom. The lowest BCUT2D eigenvalue weighted by Crippen LogP contribution is -3.08. The average Bonchev–Trinajstić information content (AvgIpc) is 2.59. The lowest BCUT2D eigenvalue weighted by atomic mass is 10.2. The molecule has 0 spiro atoms. The Hall–Kier alpha value is -0.860. The van der Waals surface area contributed by atoms with Gasteiger partial charge in [0.25, 0.3) is 0 Å². The third-order valence-electron chi connectivity index (χ3n) is 2.11. The molecule has 1 unspecified atom stereocenters. The Bertz CT molecular complexity index is 272. The molecule has 1 N–H and O–H groups in total. The van der Waals surface area contributed by atoms with Gasteiger partial charge in [-0.25, -0.2) is 4.99 Å². The van der Waals surface area contributed by atoms with Crippen LogP contribution in [-0.4, -0.2) is 19.4 Å². The fraction of sp³-hybridized carbons (Fsp3) is 0.300. The van der Waals surface area contributed by atoms with Gasteiger partial charge < -0.3 is 12.4 Å². The molecule has 1 heterocycles. The van der Waals surface area contributed by atoms with E-state index in [2.05, 4.69) is 35.3 Å². The van der Waals surface area contributed by atoms with Crippen LogP contribution < -0.4 is 17.3 Å². The van der Waals surface area contributed by atoms with Crippen LogP contribution in [0.1, 0.15) is 5.56 Å². The summed E-state index contributed by atoms with van der Waals surface area (Å²) in [6, 6.07) is 10.6. The van der Waals surface area contributed by atoms with Crippen molar-refractivity contribution in [2.45, 2.75) is 6.54 Å². The minimum Gasteiger partial charge on any atom is -1.00 e. The van der Waals surface area contributed by atoms with Crippen LogP contribution >= 0.6 is 0 Å². The number of benzene rings is 1. The summed E-state index contributed by atoms with van der Waals surface area (Å²) in [6.45, 7) is 3.21.